The molecular formula is C20H24ClNO5S. The van der Waals surface area contributed by atoms with Crippen LogP contribution in [0.2, 0.25) is 0 Å². The summed E-state index contributed by atoms with van der Waals surface area (Å²) < 4.78 is 5.22. The maximum absolute atomic E-state index is 12.9. The molecule has 2 N–H and O–H groups in total. The third kappa shape index (κ3) is 4.25. The monoisotopic (exact) mass is 425 g/mol. The predicted octanol–water partition coefficient (Wildman–Crippen LogP) is 4.22. The summed E-state index contributed by atoms with van der Waals surface area (Å²) in [5, 5.41) is 13.2. The minimum absolute atomic E-state index is 0.182. The number of carbonyl (C=O) groups excluding carboxylic acids is 2. The molecule has 3 atom stereocenters. The van der Waals surface area contributed by atoms with Gasteiger partial charge in [-0.1, -0.05) is 24.6 Å². The summed E-state index contributed by atoms with van der Waals surface area (Å²) in [5.74, 6) is -3.04. The number of ether oxygens (including phenoxy) is 1. The van der Waals surface area contributed by atoms with Gasteiger partial charge in [-0.25, -0.2) is 4.79 Å². The number of rotatable bonds is 5. The maximum atomic E-state index is 12.9. The minimum Gasteiger partial charge on any atom is -0.481 e. The second-order valence-corrected chi connectivity index (χ2v) is 9.00. The Morgan fingerprint density at radius 3 is 2.75 bits per heavy atom. The van der Waals surface area contributed by atoms with E-state index >= 15 is 0 Å². The molecule has 6 nitrogen and oxygen atoms in total. The molecule has 1 amide bonds. The molecule has 0 saturated carbocycles. The average Bonchev–Trinajstić information content (AvgIpc) is 2.98. The molecule has 0 aromatic carbocycles. The standard InChI is InChI=1S/C20H24ClNO5S/c1-3-27-20(26)16-14-8-10(2)4-7-15(14)28-18(16)22-17(23)13-9-11(21)5-6-12(13)19(24)25/h5,10,12-13H,3-4,6-9H2,1-2H3,(H,22,23)(H,24,25)/t10-,12+,13-/m1/s1. The summed E-state index contributed by atoms with van der Waals surface area (Å²) in [4.78, 5) is 38.2. The fourth-order valence-electron chi connectivity index (χ4n) is 3.87. The Morgan fingerprint density at radius 2 is 2.07 bits per heavy atom. The maximum Gasteiger partial charge on any atom is 0.341 e. The van der Waals surface area contributed by atoms with Gasteiger partial charge < -0.3 is 15.2 Å². The number of nitrogens with one attached hydrogen (secondary N) is 1. The van der Waals surface area contributed by atoms with Gasteiger partial charge in [-0.05, 0) is 50.5 Å². The van der Waals surface area contributed by atoms with Gasteiger partial charge in [0.2, 0.25) is 5.91 Å². The molecule has 2 aliphatic carbocycles. The first-order chi connectivity index (χ1) is 13.3. The van der Waals surface area contributed by atoms with Crippen molar-refractivity contribution in [3.63, 3.8) is 0 Å². The van der Waals surface area contributed by atoms with Gasteiger partial charge in [-0.2, -0.15) is 0 Å². The van der Waals surface area contributed by atoms with Gasteiger partial charge in [0.15, 0.2) is 0 Å². The summed E-state index contributed by atoms with van der Waals surface area (Å²) in [6, 6.07) is 0. The number of hydrogen-bond donors (Lipinski definition) is 2. The Kier molecular flexibility index (Phi) is 6.45. The van der Waals surface area contributed by atoms with E-state index in [-0.39, 0.29) is 19.4 Å². The fourth-order valence-corrected chi connectivity index (χ4v) is 5.36. The van der Waals surface area contributed by atoms with E-state index in [0.29, 0.717) is 21.5 Å². The smallest absolute Gasteiger partial charge is 0.341 e. The Morgan fingerprint density at radius 1 is 1.32 bits per heavy atom. The zero-order chi connectivity index (χ0) is 20.4. The van der Waals surface area contributed by atoms with E-state index in [9.17, 15) is 19.5 Å². The van der Waals surface area contributed by atoms with Gasteiger partial charge in [0, 0.05) is 9.91 Å². The quantitative estimate of drug-likeness (QED) is 0.689. The average molecular weight is 426 g/mol. The fraction of sp³-hybridized carbons (Fsp3) is 0.550. The molecule has 1 aromatic rings. The number of thiophene rings is 1. The van der Waals surface area contributed by atoms with Gasteiger partial charge in [0.1, 0.15) is 5.00 Å². The Balaban J connectivity index is 1.91. The lowest BCUT2D eigenvalue weighted by Gasteiger charge is -2.25. The predicted molar refractivity (Wildman–Crippen MR) is 108 cm³/mol. The highest BCUT2D eigenvalue weighted by molar-refractivity contribution is 7.17. The molecule has 1 heterocycles. The number of aliphatic carboxylic acids is 1. The Labute approximate surface area is 172 Å². The number of carboxylic acid groups (broad SMARTS) is 1. The molecule has 0 aliphatic heterocycles. The van der Waals surface area contributed by atoms with Crippen molar-refractivity contribution in [2.75, 3.05) is 11.9 Å². The summed E-state index contributed by atoms with van der Waals surface area (Å²) in [5.41, 5.74) is 1.37. The second-order valence-electron chi connectivity index (χ2n) is 7.41. The second kappa shape index (κ2) is 8.66. The van der Waals surface area contributed by atoms with Crippen molar-refractivity contribution in [1.29, 1.82) is 0 Å². The van der Waals surface area contributed by atoms with Crippen LogP contribution in [0.15, 0.2) is 11.1 Å². The highest BCUT2D eigenvalue weighted by Crippen LogP contribution is 2.41. The van der Waals surface area contributed by atoms with E-state index < -0.39 is 29.7 Å². The van der Waals surface area contributed by atoms with Crippen LogP contribution in [0.3, 0.4) is 0 Å². The topological polar surface area (TPSA) is 92.7 Å². The van der Waals surface area contributed by atoms with Crippen LogP contribution in [-0.4, -0.2) is 29.6 Å². The first-order valence-electron chi connectivity index (χ1n) is 9.51. The summed E-state index contributed by atoms with van der Waals surface area (Å²) in [6.45, 7) is 4.13. The van der Waals surface area contributed by atoms with Gasteiger partial charge in [-0.3, -0.25) is 9.59 Å². The van der Waals surface area contributed by atoms with Crippen molar-refractivity contribution >= 4 is 45.8 Å². The zero-order valence-electron chi connectivity index (χ0n) is 15.9. The number of aryl methyl sites for hydroxylation is 1. The van der Waals surface area contributed by atoms with Gasteiger partial charge in [0.05, 0.1) is 24.0 Å². The molecule has 8 heteroatoms. The van der Waals surface area contributed by atoms with Gasteiger partial charge >= 0.3 is 11.9 Å². The van der Waals surface area contributed by atoms with Crippen LogP contribution in [0, 0.1) is 17.8 Å². The molecule has 0 bridgehead atoms. The van der Waals surface area contributed by atoms with Crippen LogP contribution in [0.4, 0.5) is 5.00 Å². The van der Waals surface area contributed by atoms with Crippen molar-refractivity contribution in [1.82, 2.24) is 0 Å². The number of anilines is 1. The number of allylic oxidation sites excluding steroid dienone is 2. The number of amides is 1. The van der Waals surface area contributed by atoms with Crippen LogP contribution in [0.25, 0.3) is 0 Å². The number of hydrogen-bond acceptors (Lipinski definition) is 5. The largest absolute Gasteiger partial charge is 0.481 e. The Bertz CT molecular complexity index is 831. The molecule has 152 valence electrons. The van der Waals surface area contributed by atoms with Crippen LogP contribution in [0.5, 0.6) is 0 Å². The van der Waals surface area contributed by atoms with E-state index in [2.05, 4.69) is 12.2 Å². The number of esters is 1. The molecule has 0 fully saturated rings. The minimum atomic E-state index is -1.02. The van der Waals surface area contributed by atoms with Gasteiger partial charge in [0.25, 0.3) is 0 Å². The molecule has 3 rings (SSSR count). The Hall–Kier alpha value is -1.86. The molecule has 2 aliphatic rings. The molecule has 0 radical (unpaired) electrons. The lowest BCUT2D eigenvalue weighted by Crippen LogP contribution is -2.35. The molecular weight excluding hydrogens is 402 g/mol. The van der Waals surface area contributed by atoms with Crippen molar-refractivity contribution in [2.45, 2.75) is 46.0 Å². The number of fused-ring (bicyclic) bond motifs is 1. The van der Waals surface area contributed by atoms with Gasteiger partial charge in [-0.15, -0.1) is 11.3 Å². The van der Waals surface area contributed by atoms with E-state index in [1.165, 1.54) is 11.3 Å². The van der Waals surface area contributed by atoms with Crippen LogP contribution >= 0.6 is 22.9 Å². The van der Waals surface area contributed by atoms with Crippen molar-refractivity contribution < 1.29 is 24.2 Å². The summed E-state index contributed by atoms with van der Waals surface area (Å²) in [6.07, 6.45) is 4.72. The van der Waals surface area contributed by atoms with Crippen molar-refractivity contribution in [2.24, 2.45) is 17.8 Å². The van der Waals surface area contributed by atoms with E-state index in [1.54, 1.807) is 13.0 Å². The number of carboxylic acids is 1. The lowest BCUT2D eigenvalue weighted by molar-refractivity contribution is -0.146. The lowest BCUT2D eigenvalue weighted by atomic mass is 9.82. The van der Waals surface area contributed by atoms with Crippen LogP contribution in [-0.2, 0) is 27.2 Å². The molecule has 28 heavy (non-hydrogen) atoms. The van der Waals surface area contributed by atoms with Crippen molar-refractivity contribution in [3.8, 4) is 0 Å². The van der Waals surface area contributed by atoms with Crippen LogP contribution < -0.4 is 5.32 Å². The van der Waals surface area contributed by atoms with E-state index in [1.807, 2.05) is 0 Å². The third-order valence-corrected chi connectivity index (χ3v) is 6.89. The normalized spacial score (nSPS) is 24.1. The molecule has 0 saturated heterocycles. The highest BCUT2D eigenvalue weighted by atomic mass is 35.5. The van der Waals surface area contributed by atoms with Crippen LogP contribution in [0.1, 0.15) is 53.9 Å². The molecule has 1 aromatic heterocycles. The molecule has 0 spiro atoms. The number of halogens is 1. The summed E-state index contributed by atoms with van der Waals surface area (Å²) >= 11 is 7.46. The summed E-state index contributed by atoms with van der Waals surface area (Å²) in [7, 11) is 0. The first-order valence-corrected chi connectivity index (χ1v) is 10.7. The number of carbonyl (C=O) groups is 3. The van der Waals surface area contributed by atoms with E-state index in [0.717, 1.165) is 29.7 Å². The third-order valence-electron chi connectivity index (χ3n) is 5.37. The van der Waals surface area contributed by atoms with E-state index in [4.69, 9.17) is 16.3 Å². The highest BCUT2D eigenvalue weighted by Gasteiger charge is 2.37. The molecule has 0 unspecified atom stereocenters. The zero-order valence-corrected chi connectivity index (χ0v) is 17.5. The SMILES string of the molecule is CCOC(=O)c1c(NC(=O)[C@@H]2CC(Cl)=CC[C@@H]2C(=O)O)sc2c1C[C@H](C)CC2. The first kappa shape index (κ1) is 20.9. The van der Waals surface area contributed by atoms with Crippen molar-refractivity contribution in [3.05, 3.63) is 27.1 Å².